The summed E-state index contributed by atoms with van der Waals surface area (Å²) in [6.07, 6.45) is 0.678. The Balaban J connectivity index is 1.79. The van der Waals surface area contributed by atoms with Crippen LogP contribution in [-0.2, 0) is 22.9 Å². The first-order valence-corrected chi connectivity index (χ1v) is 13.8. The lowest BCUT2D eigenvalue weighted by molar-refractivity contribution is -0.0512. The average Bonchev–Trinajstić information content (AvgIpc) is 2.84. The second-order valence-electron chi connectivity index (χ2n) is 8.66. The maximum atomic E-state index is 13.0. The number of alkyl halides is 2. The number of aliphatic hydroxyl groups excluding tert-OH is 1. The van der Waals surface area contributed by atoms with E-state index in [9.17, 15) is 27.4 Å². The first-order chi connectivity index (χ1) is 17.9. The molecule has 0 saturated carbocycles. The maximum Gasteiger partial charge on any atom is 0.387 e. The highest BCUT2D eigenvalue weighted by Gasteiger charge is 2.19. The quantitative estimate of drug-likeness (QED) is 0.223. The van der Waals surface area contributed by atoms with Crippen molar-refractivity contribution in [3.63, 3.8) is 0 Å². The first kappa shape index (κ1) is 29.4. The fourth-order valence-electron chi connectivity index (χ4n) is 3.88. The Labute approximate surface area is 225 Å². The lowest BCUT2D eigenvalue weighted by atomic mass is 9.97. The summed E-state index contributed by atoms with van der Waals surface area (Å²) in [4.78, 5) is 0. The van der Waals surface area contributed by atoms with Gasteiger partial charge < -0.3 is 25.0 Å². The summed E-state index contributed by atoms with van der Waals surface area (Å²) in [6.45, 7) is -2.92. The van der Waals surface area contributed by atoms with Crippen LogP contribution in [0.4, 0.5) is 14.5 Å². The standard InChI is InChI=1S/C26H29ClF2N2O6S/c1-36-24-10-6-18(14-25(24)37-26(28)29)21(12-16-3-7-19(27)8-4-16)30-15-20(32)11-17-5-9-23(33)22(13-17)31-38(2,34)35/h3-10,13-14,20-21,26,30-33H,11-12,15H2,1-2H3/t20-,21+/m0/s1. The molecule has 12 heteroatoms. The van der Waals surface area contributed by atoms with Crippen molar-refractivity contribution in [3.8, 4) is 17.2 Å². The van der Waals surface area contributed by atoms with Crippen LogP contribution in [0.1, 0.15) is 22.7 Å². The van der Waals surface area contributed by atoms with Crippen molar-refractivity contribution in [2.24, 2.45) is 0 Å². The number of hydrogen-bond acceptors (Lipinski definition) is 7. The molecule has 0 radical (unpaired) electrons. The number of sulfonamides is 1. The number of nitrogens with one attached hydrogen (secondary N) is 2. The molecule has 0 spiro atoms. The molecule has 38 heavy (non-hydrogen) atoms. The number of rotatable bonds is 13. The predicted molar refractivity (Wildman–Crippen MR) is 142 cm³/mol. The summed E-state index contributed by atoms with van der Waals surface area (Å²) in [5.74, 6) is -0.195. The molecule has 8 nitrogen and oxygen atoms in total. The van der Waals surface area contributed by atoms with Gasteiger partial charge >= 0.3 is 6.61 Å². The van der Waals surface area contributed by atoms with Crippen LogP contribution in [0.25, 0.3) is 0 Å². The molecular formula is C26H29ClF2N2O6S. The number of hydrogen-bond donors (Lipinski definition) is 4. The first-order valence-electron chi connectivity index (χ1n) is 11.5. The molecule has 206 valence electrons. The maximum absolute atomic E-state index is 13.0. The topological polar surface area (TPSA) is 117 Å². The smallest absolute Gasteiger partial charge is 0.387 e. The van der Waals surface area contributed by atoms with Crippen LogP contribution in [0.2, 0.25) is 5.02 Å². The van der Waals surface area contributed by atoms with Gasteiger partial charge in [-0.2, -0.15) is 8.78 Å². The van der Waals surface area contributed by atoms with Crippen LogP contribution in [0.3, 0.4) is 0 Å². The Bertz CT molecular complexity index is 1330. The summed E-state index contributed by atoms with van der Waals surface area (Å²) >= 11 is 6.00. The van der Waals surface area contributed by atoms with E-state index in [0.717, 1.165) is 11.8 Å². The van der Waals surface area contributed by atoms with E-state index in [2.05, 4.69) is 14.8 Å². The molecule has 0 amide bonds. The summed E-state index contributed by atoms with van der Waals surface area (Å²) in [5, 5.41) is 24.5. The highest BCUT2D eigenvalue weighted by molar-refractivity contribution is 7.92. The molecule has 0 saturated heterocycles. The van der Waals surface area contributed by atoms with Gasteiger partial charge in [0.15, 0.2) is 11.5 Å². The number of halogens is 3. The Morgan fingerprint density at radius 2 is 1.66 bits per heavy atom. The summed E-state index contributed by atoms with van der Waals surface area (Å²) in [5.41, 5.74) is 2.15. The lowest BCUT2D eigenvalue weighted by Gasteiger charge is -2.23. The Morgan fingerprint density at radius 1 is 0.974 bits per heavy atom. The van der Waals surface area contributed by atoms with Crippen LogP contribution in [0.5, 0.6) is 17.2 Å². The van der Waals surface area contributed by atoms with Crippen molar-refractivity contribution >= 4 is 27.3 Å². The van der Waals surface area contributed by atoms with Crippen LogP contribution in [-0.4, -0.2) is 51.3 Å². The average molecular weight is 571 g/mol. The minimum absolute atomic E-state index is 0.00978. The van der Waals surface area contributed by atoms with Crippen LogP contribution in [0.15, 0.2) is 60.7 Å². The minimum Gasteiger partial charge on any atom is -0.506 e. The zero-order valence-corrected chi connectivity index (χ0v) is 22.3. The van der Waals surface area contributed by atoms with E-state index in [4.69, 9.17) is 16.3 Å². The number of benzene rings is 3. The van der Waals surface area contributed by atoms with Gasteiger partial charge in [-0.3, -0.25) is 4.72 Å². The normalized spacial score (nSPS) is 13.2. The van der Waals surface area contributed by atoms with Gasteiger partial charge in [0.05, 0.1) is 25.2 Å². The largest absolute Gasteiger partial charge is 0.506 e. The molecule has 2 atom stereocenters. The third-order valence-corrected chi connectivity index (χ3v) is 6.43. The van der Waals surface area contributed by atoms with Gasteiger partial charge in [0.1, 0.15) is 5.75 Å². The van der Waals surface area contributed by atoms with Crippen molar-refractivity contribution in [1.29, 1.82) is 0 Å². The SMILES string of the molecule is COc1ccc([C@@H](Cc2ccc(Cl)cc2)NC[C@@H](O)Cc2ccc(O)c(NS(C)(=O)=O)c2)cc1OC(F)F. The molecule has 0 unspecified atom stereocenters. The molecule has 3 aromatic rings. The second-order valence-corrected chi connectivity index (χ2v) is 10.8. The molecule has 3 aromatic carbocycles. The predicted octanol–water partition coefficient (Wildman–Crippen LogP) is 4.50. The van der Waals surface area contributed by atoms with Crippen molar-refractivity contribution in [3.05, 3.63) is 82.4 Å². The van der Waals surface area contributed by atoms with Crippen molar-refractivity contribution in [2.75, 3.05) is 24.6 Å². The van der Waals surface area contributed by atoms with Gasteiger partial charge in [0.2, 0.25) is 10.0 Å². The fraction of sp³-hybridized carbons (Fsp3) is 0.308. The number of aromatic hydroxyl groups is 1. The van der Waals surface area contributed by atoms with E-state index < -0.39 is 28.8 Å². The highest BCUT2D eigenvalue weighted by Crippen LogP contribution is 2.33. The molecule has 4 N–H and O–H groups in total. The Morgan fingerprint density at radius 3 is 2.29 bits per heavy atom. The van der Waals surface area contributed by atoms with E-state index in [1.807, 2.05) is 12.1 Å². The van der Waals surface area contributed by atoms with E-state index >= 15 is 0 Å². The molecule has 0 aliphatic carbocycles. The Kier molecular flexibility index (Phi) is 10.1. The number of methoxy groups -OCH3 is 1. The molecular weight excluding hydrogens is 542 g/mol. The number of phenols is 1. The lowest BCUT2D eigenvalue weighted by Crippen LogP contribution is -2.32. The van der Waals surface area contributed by atoms with Crippen molar-refractivity contribution in [2.45, 2.75) is 31.6 Å². The van der Waals surface area contributed by atoms with Gasteiger partial charge in [0.25, 0.3) is 0 Å². The molecule has 0 heterocycles. The number of aliphatic hydroxyl groups is 1. The number of anilines is 1. The molecule has 0 bridgehead atoms. The Hall–Kier alpha value is -3.12. The van der Waals surface area contributed by atoms with Crippen LogP contribution in [0, 0.1) is 0 Å². The van der Waals surface area contributed by atoms with Gasteiger partial charge in [-0.25, -0.2) is 8.42 Å². The molecule has 0 fully saturated rings. The number of phenolic OH excluding ortho intramolecular Hbond substituents is 1. The monoisotopic (exact) mass is 570 g/mol. The van der Waals surface area contributed by atoms with Gasteiger partial charge in [-0.1, -0.05) is 35.9 Å². The highest BCUT2D eigenvalue weighted by atomic mass is 35.5. The zero-order valence-electron chi connectivity index (χ0n) is 20.7. The van der Waals surface area contributed by atoms with Gasteiger partial charge in [-0.15, -0.1) is 0 Å². The number of ether oxygens (including phenoxy) is 2. The van der Waals surface area contributed by atoms with Gasteiger partial charge in [-0.05, 0) is 65.9 Å². The summed E-state index contributed by atoms with van der Waals surface area (Å²) in [6, 6.07) is 15.9. The molecule has 3 rings (SSSR count). The molecule has 0 aromatic heterocycles. The summed E-state index contributed by atoms with van der Waals surface area (Å²) in [7, 11) is -2.25. The van der Waals surface area contributed by atoms with E-state index in [-0.39, 0.29) is 35.9 Å². The van der Waals surface area contributed by atoms with Crippen LogP contribution < -0.4 is 19.5 Å². The zero-order chi connectivity index (χ0) is 27.9. The van der Waals surface area contributed by atoms with Crippen LogP contribution >= 0.6 is 11.6 Å². The summed E-state index contributed by atoms with van der Waals surface area (Å²) < 4.78 is 61.0. The van der Waals surface area contributed by atoms with E-state index in [1.165, 1.54) is 31.4 Å². The third-order valence-electron chi connectivity index (χ3n) is 5.59. The van der Waals surface area contributed by atoms with E-state index in [1.54, 1.807) is 24.3 Å². The third kappa shape index (κ3) is 9.02. The molecule has 0 aliphatic rings. The molecule has 0 aliphatic heterocycles. The minimum atomic E-state index is -3.61. The van der Waals surface area contributed by atoms with E-state index in [0.29, 0.717) is 22.6 Å². The van der Waals surface area contributed by atoms with Gasteiger partial charge in [0, 0.05) is 17.6 Å². The second kappa shape index (κ2) is 13.1. The van der Waals surface area contributed by atoms with Crippen molar-refractivity contribution < 1.29 is 36.9 Å². The fourth-order valence-corrected chi connectivity index (χ4v) is 4.57. The van der Waals surface area contributed by atoms with Crippen molar-refractivity contribution in [1.82, 2.24) is 5.32 Å².